The highest BCUT2D eigenvalue weighted by molar-refractivity contribution is 6.31. The molecule has 0 unspecified atom stereocenters. The molecule has 0 aromatic heterocycles. The number of nitrogens with one attached hydrogen (secondary N) is 1. The molecular formula is C15H13ClF2N2O. The molecule has 110 valence electrons. The van der Waals surface area contributed by atoms with Crippen LogP contribution in [0.3, 0.4) is 0 Å². The molecule has 3 N–H and O–H groups in total. The molecule has 0 aliphatic heterocycles. The number of halogens is 3. The second-order valence-corrected chi connectivity index (χ2v) is 4.93. The lowest BCUT2D eigenvalue weighted by Crippen LogP contribution is -2.14. The lowest BCUT2D eigenvalue weighted by Gasteiger charge is -2.08. The van der Waals surface area contributed by atoms with E-state index >= 15 is 0 Å². The first-order chi connectivity index (χ1) is 9.97. The van der Waals surface area contributed by atoms with Gasteiger partial charge in [0, 0.05) is 23.7 Å². The zero-order chi connectivity index (χ0) is 15.4. The molecule has 0 spiro atoms. The maximum Gasteiger partial charge on any atom is 0.248 e. The summed E-state index contributed by atoms with van der Waals surface area (Å²) in [6.07, 6.45) is 0. The molecule has 6 heteroatoms. The number of carbonyl (C=O) groups excluding carboxylic acids is 1. The van der Waals surface area contributed by atoms with Crippen LogP contribution in [-0.2, 0) is 13.1 Å². The minimum atomic E-state index is -0.877. The second kappa shape index (κ2) is 6.65. The fraction of sp³-hybridized carbons (Fsp3) is 0.133. The zero-order valence-corrected chi connectivity index (χ0v) is 11.8. The number of hydrogen-bond donors (Lipinski definition) is 2. The molecule has 2 aromatic rings. The highest BCUT2D eigenvalue weighted by atomic mass is 35.5. The van der Waals surface area contributed by atoms with Crippen molar-refractivity contribution in [1.82, 2.24) is 5.32 Å². The third-order valence-electron chi connectivity index (χ3n) is 2.97. The van der Waals surface area contributed by atoms with Gasteiger partial charge in [-0.25, -0.2) is 8.78 Å². The van der Waals surface area contributed by atoms with Crippen LogP contribution in [0.25, 0.3) is 0 Å². The van der Waals surface area contributed by atoms with Crippen LogP contribution in [0.5, 0.6) is 0 Å². The molecule has 0 fully saturated rings. The summed E-state index contributed by atoms with van der Waals surface area (Å²) < 4.78 is 25.8. The lowest BCUT2D eigenvalue weighted by atomic mass is 10.1. The normalized spacial score (nSPS) is 10.6. The minimum absolute atomic E-state index is 0.337. The molecule has 0 atom stereocenters. The highest BCUT2D eigenvalue weighted by Gasteiger charge is 2.06. The number of nitrogens with two attached hydrogens (primary N) is 1. The second-order valence-electron chi connectivity index (χ2n) is 4.52. The Balaban J connectivity index is 1.97. The molecule has 3 nitrogen and oxygen atoms in total. The van der Waals surface area contributed by atoms with Gasteiger partial charge in [-0.15, -0.1) is 0 Å². The number of primary amides is 1. The topological polar surface area (TPSA) is 55.1 Å². The van der Waals surface area contributed by atoms with E-state index in [9.17, 15) is 13.6 Å². The van der Waals surface area contributed by atoms with Crippen LogP contribution in [0.15, 0.2) is 36.4 Å². The molecule has 2 aromatic carbocycles. The van der Waals surface area contributed by atoms with Gasteiger partial charge in [0.05, 0.1) is 0 Å². The highest BCUT2D eigenvalue weighted by Crippen LogP contribution is 2.18. The Kier molecular flexibility index (Phi) is 4.88. The van der Waals surface area contributed by atoms with Crippen molar-refractivity contribution >= 4 is 17.5 Å². The summed E-state index contributed by atoms with van der Waals surface area (Å²) in [5, 5.41) is 3.48. The van der Waals surface area contributed by atoms with Gasteiger partial charge in [0.15, 0.2) is 11.6 Å². The third-order valence-corrected chi connectivity index (χ3v) is 3.32. The van der Waals surface area contributed by atoms with Gasteiger partial charge < -0.3 is 11.1 Å². The van der Waals surface area contributed by atoms with Crippen LogP contribution in [0, 0.1) is 11.6 Å². The molecular weight excluding hydrogens is 298 g/mol. The fourth-order valence-corrected chi connectivity index (χ4v) is 2.08. The predicted molar refractivity (Wildman–Crippen MR) is 76.9 cm³/mol. The fourth-order valence-electron chi connectivity index (χ4n) is 1.84. The molecule has 2 rings (SSSR count). The third kappa shape index (κ3) is 4.00. The molecule has 21 heavy (non-hydrogen) atoms. The van der Waals surface area contributed by atoms with E-state index in [0.717, 1.165) is 17.7 Å². The van der Waals surface area contributed by atoms with E-state index in [4.69, 9.17) is 17.3 Å². The van der Waals surface area contributed by atoms with Crippen molar-refractivity contribution in [3.8, 4) is 0 Å². The van der Waals surface area contributed by atoms with Gasteiger partial charge in [0.2, 0.25) is 5.91 Å². The van der Waals surface area contributed by atoms with Gasteiger partial charge >= 0.3 is 0 Å². The van der Waals surface area contributed by atoms with Crippen LogP contribution in [0.1, 0.15) is 21.5 Å². The number of rotatable bonds is 5. The van der Waals surface area contributed by atoms with Gasteiger partial charge in [0.1, 0.15) is 0 Å². The van der Waals surface area contributed by atoms with Gasteiger partial charge in [0.25, 0.3) is 0 Å². The first-order valence-corrected chi connectivity index (χ1v) is 6.58. The summed E-state index contributed by atoms with van der Waals surface area (Å²) >= 11 is 6.04. The summed E-state index contributed by atoms with van der Waals surface area (Å²) in [5.41, 5.74) is 6.90. The molecule has 0 aliphatic carbocycles. The summed E-state index contributed by atoms with van der Waals surface area (Å²) in [6, 6.07) is 8.51. The molecule has 0 radical (unpaired) electrons. The Morgan fingerprint density at radius 3 is 2.48 bits per heavy atom. The van der Waals surface area contributed by atoms with Crippen molar-refractivity contribution in [1.29, 1.82) is 0 Å². The molecule has 1 amide bonds. The van der Waals surface area contributed by atoms with Crippen molar-refractivity contribution in [2.45, 2.75) is 13.1 Å². The minimum Gasteiger partial charge on any atom is -0.366 e. The van der Waals surface area contributed by atoms with Gasteiger partial charge in [-0.05, 0) is 35.4 Å². The Hall–Kier alpha value is -1.98. The quantitative estimate of drug-likeness (QED) is 0.892. The van der Waals surface area contributed by atoms with E-state index in [1.165, 1.54) is 12.1 Å². The van der Waals surface area contributed by atoms with Gasteiger partial charge in [-0.3, -0.25) is 4.79 Å². The molecule has 0 saturated carbocycles. The smallest absolute Gasteiger partial charge is 0.248 e. The van der Waals surface area contributed by atoms with Crippen molar-refractivity contribution in [2.24, 2.45) is 5.73 Å². The van der Waals surface area contributed by atoms with E-state index in [-0.39, 0.29) is 0 Å². The number of amides is 1. The largest absolute Gasteiger partial charge is 0.366 e. The Bertz CT molecular complexity index is 677. The van der Waals surface area contributed by atoms with E-state index in [0.29, 0.717) is 29.2 Å². The van der Waals surface area contributed by atoms with Crippen LogP contribution < -0.4 is 11.1 Å². The van der Waals surface area contributed by atoms with Gasteiger partial charge in [-0.1, -0.05) is 23.7 Å². The van der Waals surface area contributed by atoms with Crippen LogP contribution in [0.2, 0.25) is 5.02 Å². The SMILES string of the molecule is NC(=O)c1ccc(CNCc2ccc(F)c(F)c2)c(Cl)c1. The van der Waals surface area contributed by atoms with Crippen molar-refractivity contribution in [3.05, 3.63) is 69.7 Å². The van der Waals surface area contributed by atoms with Crippen molar-refractivity contribution in [3.63, 3.8) is 0 Å². The van der Waals surface area contributed by atoms with Crippen molar-refractivity contribution in [2.75, 3.05) is 0 Å². The van der Waals surface area contributed by atoms with Crippen LogP contribution >= 0.6 is 11.6 Å². The number of carbonyl (C=O) groups is 1. The Morgan fingerprint density at radius 1 is 1.10 bits per heavy atom. The summed E-state index contributed by atoms with van der Waals surface area (Å²) in [5.74, 6) is -2.29. The Labute approximate surface area is 125 Å². The number of benzene rings is 2. The lowest BCUT2D eigenvalue weighted by molar-refractivity contribution is 0.100. The summed E-state index contributed by atoms with van der Waals surface area (Å²) in [6.45, 7) is 0.794. The van der Waals surface area contributed by atoms with E-state index in [1.54, 1.807) is 12.1 Å². The first-order valence-electron chi connectivity index (χ1n) is 6.20. The maximum absolute atomic E-state index is 13.0. The van der Waals surface area contributed by atoms with Crippen LogP contribution in [-0.4, -0.2) is 5.91 Å². The molecule has 0 heterocycles. The monoisotopic (exact) mass is 310 g/mol. The van der Waals surface area contributed by atoms with Crippen LogP contribution in [0.4, 0.5) is 8.78 Å². The molecule has 0 bridgehead atoms. The van der Waals surface area contributed by atoms with Crippen molar-refractivity contribution < 1.29 is 13.6 Å². The van der Waals surface area contributed by atoms with E-state index in [1.807, 2.05) is 0 Å². The van der Waals surface area contributed by atoms with E-state index in [2.05, 4.69) is 5.32 Å². The Morgan fingerprint density at radius 2 is 1.86 bits per heavy atom. The first kappa shape index (κ1) is 15.4. The van der Waals surface area contributed by atoms with Gasteiger partial charge in [-0.2, -0.15) is 0 Å². The molecule has 0 aliphatic rings. The predicted octanol–water partition coefficient (Wildman–Crippen LogP) is 3.01. The summed E-state index contributed by atoms with van der Waals surface area (Å²) in [7, 11) is 0. The van der Waals surface area contributed by atoms with E-state index < -0.39 is 17.5 Å². The average Bonchev–Trinajstić information content (AvgIpc) is 2.44. The average molecular weight is 311 g/mol. The standard InChI is InChI=1S/C15H13ClF2N2O/c16-12-6-10(15(19)21)2-3-11(12)8-20-7-9-1-4-13(17)14(18)5-9/h1-6,20H,7-8H2,(H2,19,21). The zero-order valence-electron chi connectivity index (χ0n) is 11.0. The summed E-state index contributed by atoms with van der Waals surface area (Å²) in [4.78, 5) is 11.0. The number of hydrogen-bond acceptors (Lipinski definition) is 2. The maximum atomic E-state index is 13.0. The molecule has 0 saturated heterocycles.